The molecule has 3 N–H and O–H groups in total. The maximum atomic E-state index is 12.4. The first kappa shape index (κ1) is 15.4. The van der Waals surface area contributed by atoms with Crippen molar-refractivity contribution in [2.75, 3.05) is 24.1 Å². The van der Waals surface area contributed by atoms with Gasteiger partial charge in [0.05, 0.1) is 5.69 Å². The second kappa shape index (κ2) is 6.73. The number of benzene rings is 1. The zero-order chi connectivity index (χ0) is 16.2. The molecule has 0 aliphatic carbocycles. The number of anilines is 2. The van der Waals surface area contributed by atoms with Crippen molar-refractivity contribution in [1.29, 1.82) is 0 Å². The van der Waals surface area contributed by atoms with Crippen LogP contribution in [0.3, 0.4) is 0 Å². The van der Waals surface area contributed by atoms with Crippen LogP contribution >= 0.6 is 0 Å². The van der Waals surface area contributed by atoms with Gasteiger partial charge in [0.2, 0.25) is 5.88 Å². The Morgan fingerprint density at radius 1 is 1.39 bits per heavy atom. The highest BCUT2D eigenvalue weighted by Crippen LogP contribution is 2.28. The van der Waals surface area contributed by atoms with Crippen LogP contribution in [0.1, 0.15) is 36.9 Å². The first-order valence-corrected chi connectivity index (χ1v) is 8.02. The Labute approximate surface area is 135 Å². The summed E-state index contributed by atoms with van der Waals surface area (Å²) in [6.07, 6.45) is 2.69. The zero-order valence-electron chi connectivity index (χ0n) is 13.3. The quantitative estimate of drug-likeness (QED) is 0.911. The SMILES string of the molecule is CCc1cccc(NC(=O)N2CCC(c3cc(N)on3)CC2)c1. The van der Waals surface area contributed by atoms with Crippen molar-refractivity contribution in [3.8, 4) is 0 Å². The minimum atomic E-state index is -0.0450. The highest BCUT2D eigenvalue weighted by Gasteiger charge is 2.25. The van der Waals surface area contributed by atoms with E-state index >= 15 is 0 Å². The molecule has 122 valence electrons. The fourth-order valence-electron chi connectivity index (χ4n) is 2.95. The highest BCUT2D eigenvalue weighted by molar-refractivity contribution is 5.89. The van der Waals surface area contributed by atoms with Crippen LogP contribution in [-0.4, -0.2) is 29.2 Å². The number of hydrogen-bond acceptors (Lipinski definition) is 4. The van der Waals surface area contributed by atoms with Crippen LogP contribution in [0.25, 0.3) is 0 Å². The summed E-state index contributed by atoms with van der Waals surface area (Å²) in [6, 6.07) is 9.69. The third kappa shape index (κ3) is 3.64. The fourth-order valence-corrected chi connectivity index (χ4v) is 2.95. The van der Waals surface area contributed by atoms with Gasteiger partial charge in [-0.25, -0.2) is 4.79 Å². The molecule has 2 aromatic rings. The summed E-state index contributed by atoms with van der Waals surface area (Å²) in [5.74, 6) is 0.652. The van der Waals surface area contributed by atoms with Gasteiger partial charge in [0.15, 0.2) is 0 Å². The number of urea groups is 1. The standard InChI is InChI=1S/C17H22N4O2/c1-2-12-4-3-5-14(10-12)19-17(22)21-8-6-13(7-9-21)15-11-16(18)23-20-15/h3-5,10-11,13H,2,6-9,18H2,1H3,(H,19,22). The number of carbonyl (C=O) groups excluding carboxylic acids is 1. The lowest BCUT2D eigenvalue weighted by Crippen LogP contribution is -2.40. The van der Waals surface area contributed by atoms with Crippen molar-refractivity contribution < 1.29 is 9.32 Å². The minimum absolute atomic E-state index is 0.0450. The third-order valence-electron chi connectivity index (χ3n) is 4.33. The maximum absolute atomic E-state index is 12.4. The number of aromatic nitrogens is 1. The van der Waals surface area contributed by atoms with Crippen molar-refractivity contribution in [3.63, 3.8) is 0 Å². The molecule has 0 spiro atoms. The average Bonchev–Trinajstić information content (AvgIpc) is 3.01. The van der Waals surface area contributed by atoms with Gasteiger partial charge in [0.1, 0.15) is 0 Å². The Kier molecular flexibility index (Phi) is 4.50. The summed E-state index contributed by atoms with van der Waals surface area (Å²) in [5.41, 5.74) is 8.51. The Morgan fingerprint density at radius 3 is 2.83 bits per heavy atom. The smallest absolute Gasteiger partial charge is 0.321 e. The summed E-state index contributed by atoms with van der Waals surface area (Å²) in [6.45, 7) is 3.51. The van der Waals surface area contributed by atoms with Gasteiger partial charge in [-0.1, -0.05) is 24.2 Å². The van der Waals surface area contributed by atoms with E-state index in [1.807, 2.05) is 23.1 Å². The number of piperidine rings is 1. The molecule has 23 heavy (non-hydrogen) atoms. The summed E-state index contributed by atoms with van der Waals surface area (Å²) in [4.78, 5) is 14.2. The molecule has 0 saturated carbocycles. The lowest BCUT2D eigenvalue weighted by atomic mass is 9.94. The predicted molar refractivity (Wildman–Crippen MR) is 89.3 cm³/mol. The zero-order valence-corrected chi connectivity index (χ0v) is 13.3. The van der Waals surface area contributed by atoms with Gasteiger partial charge >= 0.3 is 6.03 Å². The van der Waals surface area contributed by atoms with Crippen LogP contribution < -0.4 is 11.1 Å². The number of nitrogens with zero attached hydrogens (tertiary/aromatic N) is 2. The van der Waals surface area contributed by atoms with Gasteiger partial charge in [-0.2, -0.15) is 0 Å². The summed E-state index contributed by atoms with van der Waals surface area (Å²) >= 11 is 0. The van der Waals surface area contributed by atoms with Gasteiger partial charge in [-0.05, 0) is 37.0 Å². The van der Waals surface area contributed by atoms with Crippen molar-refractivity contribution in [2.45, 2.75) is 32.1 Å². The predicted octanol–water partition coefficient (Wildman–Crippen LogP) is 3.23. The molecule has 1 aromatic carbocycles. The van der Waals surface area contributed by atoms with E-state index in [4.69, 9.17) is 10.3 Å². The number of carbonyl (C=O) groups is 1. The van der Waals surface area contributed by atoms with Gasteiger partial charge in [-0.15, -0.1) is 0 Å². The number of nitrogen functional groups attached to an aromatic ring is 1. The van der Waals surface area contributed by atoms with E-state index in [2.05, 4.69) is 23.5 Å². The summed E-state index contributed by atoms with van der Waals surface area (Å²) in [7, 11) is 0. The topological polar surface area (TPSA) is 84.4 Å². The molecule has 1 fully saturated rings. The van der Waals surface area contributed by atoms with Crippen LogP contribution in [0.2, 0.25) is 0 Å². The highest BCUT2D eigenvalue weighted by atomic mass is 16.5. The van der Waals surface area contributed by atoms with E-state index in [0.717, 1.165) is 30.6 Å². The number of rotatable bonds is 3. The lowest BCUT2D eigenvalue weighted by Gasteiger charge is -2.31. The molecule has 0 atom stereocenters. The second-order valence-corrected chi connectivity index (χ2v) is 5.90. The van der Waals surface area contributed by atoms with E-state index in [1.54, 1.807) is 6.07 Å². The van der Waals surface area contributed by atoms with E-state index in [-0.39, 0.29) is 6.03 Å². The van der Waals surface area contributed by atoms with Crippen molar-refractivity contribution in [1.82, 2.24) is 10.1 Å². The molecule has 2 amide bonds. The molecular formula is C17H22N4O2. The molecule has 1 saturated heterocycles. The van der Waals surface area contributed by atoms with Crippen molar-refractivity contribution in [2.24, 2.45) is 0 Å². The van der Waals surface area contributed by atoms with E-state index in [1.165, 1.54) is 5.56 Å². The van der Waals surface area contributed by atoms with Crippen LogP contribution in [0.5, 0.6) is 0 Å². The third-order valence-corrected chi connectivity index (χ3v) is 4.33. The molecule has 1 aliphatic rings. The van der Waals surface area contributed by atoms with Crippen molar-refractivity contribution in [3.05, 3.63) is 41.6 Å². The number of amides is 2. The average molecular weight is 314 g/mol. The van der Waals surface area contributed by atoms with Gasteiger partial charge < -0.3 is 20.5 Å². The molecule has 0 unspecified atom stereocenters. The molecule has 3 rings (SSSR count). The molecular weight excluding hydrogens is 292 g/mol. The molecule has 6 nitrogen and oxygen atoms in total. The van der Waals surface area contributed by atoms with E-state index in [9.17, 15) is 4.79 Å². The second-order valence-electron chi connectivity index (χ2n) is 5.90. The molecule has 2 heterocycles. The normalized spacial score (nSPS) is 15.6. The molecule has 0 radical (unpaired) electrons. The number of likely N-dealkylation sites (tertiary alicyclic amines) is 1. The van der Waals surface area contributed by atoms with Gasteiger partial charge in [0, 0.05) is 30.8 Å². The van der Waals surface area contributed by atoms with Crippen LogP contribution in [-0.2, 0) is 6.42 Å². The first-order valence-electron chi connectivity index (χ1n) is 8.02. The number of aryl methyl sites for hydroxylation is 1. The number of hydrogen-bond donors (Lipinski definition) is 2. The van der Waals surface area contributed by atoms with Gasteiger partial charge in [0.25, 0.3) is 0 Å². The van der Waals surface area contributed by atoms with Gasteiger partial charge in [-0.3, -0.25) is 0 Å². The monoisotopic (exact) mass is 314 g/mol. The Hall–Kier alpha value is -2.50. The number of nitrogens with two attached hydrogens (primary N) is 1. The van der Waals surface area contributed by atoms with Crippen LogP contribution in [0, 0.1) is 0 Å². The minimum Gasteiger partial charge on any atom is -0.368 e. The maximum Gasteiger partial charge on any atom is 0.321 e. The first-order chi connectivity index (χ1) is 11.2. The van der Waals surface area contributed by atoms with Crippen LogP contribution in [0.15, 0.2) is 34.9 Å². The summed E-state index contributed by atoms with van der Waals surface area (Å²) in [5, 5.41) is 6.96. The Balaban J connectivity index is 1.55. The molecule has 1 aliphatic heterocycles. The van der Waals surface area contributed by atoms with E-state index in [0.29, 0.717) is 24.9 Å². The number of nitrogens with one attached hydrogen (secondary N) is 1. The Bertz CT molecular complexity index is 675. The van der Waals surface area contributed by atoms with E-state index < -0.39 is 0 Å². The lowest BCUT2D eigenvalue weighted by molar-refractivity contribution is 0.193. The molecule has 0 bridgehead atoms. The van der Waals surface area contributed by atoms with Crippen LogP contribution in [0.4, 0.5) is 16.4 Å². The molecule has 1 aromatic heterocycles. The van der Waals surface area contributed by atoms with Crippen molar-refractivity contribution >= 4 is 17.6 Å². The molecule has 6 heteroatoms. The summed E-state index contributed by atoms with van der Waals surface area (Å²) < 4.78 is 4.93. The fraction of sp³-hybridized carbons (Fsp3) is 0.412. The largest absolute Gasteiger partial charge is 0.368 e. The Morgan fingerprint density at radius 2 is 2.17 bits per heavy atom.